The van der Waals surface area contributed by atoms with E-state index in [1.165, 1.54) is 6.07 Å². The second-order valence-corrected chi connectivity index (χ2v) is 3.64. The number of hydrogen-bond donors (Lipinski definition) is 1. The van der Waals surface area contributed by atoms with Gasteiger partial charge in [-0.2, -0.15) is 0 Å². The Morgan fingerprint density at radius 1 is 1.80 bits per heavy atom. The van der Waals surface area contributed by atoms with Crippen molar-refractivity contribution in [3.63, 3.8) is 0 Å². The highest BCUT2D eigenvalue weighted by molar-refractivity contribution is 9.10. The lowest BCUT2D eigenvalue weighted by molar-refractivity contribution is 0.0663. The summed E-state index contributed by atoms with van der Waals surface area (Å²) < 4.78 is 5.76. The minimum atomic E-state index is -1.10. The van der Waals surface area contributed by atoms with Crippen molar-refractivity contribution in [2.24, 2.45) is 0 Å². The number of carbonyl (C=O) groups is 1. The zero-order valence-electron chi connectivity index (χ0n) is 8.16. The minimum Gasteiger partial charge on any atom is -0.475 e. The first kappa shape index (κ1) is 11.7. The molecule has 0 unspecified atom stereocenters. The third kappa shape index (κ3) is 2.54. The number of carboxylic acid groups (broad SMARTS) is 1. The second kappa shape index (κ2) is 4.89. The average molecular weight is 272 g/mol. The summed E-state index contributed by atoms with van der Waals surface area (Å²) in [4.78, 5) is 12.4. The SMILES string of the molecule is C#CCN(CC)c1oc(C(=O)O)cc1Br. The molecule has 0 aliphatic rings. The Morgan fingerprint density at radius 3 is 2.87 bits per heavy atom. The van der Waals surface area contributed by atoms with E-state index in [0.29, 0.717) is 23.4 Å². The van der Waals surface area contributed by atoms with Gasteiger partial charge in [0.2, 0.25) is 11.6 Å². The fraction of sp³-hybridized carbons (Fsp3) is 0.300. The van der Waals surface area contributed by atoms with E-state index in [9.17, 15) is 4.79 Å². The zero-order chi connectivity index (χ0) is 11.4. The molecule has 0 amide bonds. The summed E-state index contributed by atoms with van der Waals surface area (Å²) in [5, 5.41) is 8.73. The van der Waals surface area contributed by atoms with Gasteiger partial charge in [0, 0.05) is 12.6 Å². The molecule has 1 rings (SSSR count). The highest BCUT2D eigenvalue weighted by atomic mass is 79.9. The van der Waals surface area contributed by atoms with Crippen LogP contribution in [0.1, 0.15) is 17.5 Å². The first-order valence-electron chi connectivity index (χ1n) is 4.31. The van der Waals surface area contributed by atoms with Crippen molar-refractivity contribution >= 4 is 27.8 Å². The van der Waals surface area contributed by atoms with Gasteiger partial charge in [-0.1, -0.05) is 5.92 Å². The molecule has 1 N–H and O–H groups in total. The predicted octanol–water partition coefficient (Wildman–Crippen LogP) is 2.20. The van der Waals surface area contributed by atoms with E-state index in [0.717, 1.165) is 0 Å². The van der Waals surface area contributed by atoms with E-state index in [2.05, 4.69) is 21.9 Å². The van der Waals surface area contributed by atoms with E-state index in [1.807, 2.05) is 6.92 Å². The number of anilines is 1. The van der Waals surface area contributed by atoms with Crippen LogP contribution in [0, 0.1) is 12.3 Å². The standard InChI is InChI=1S/C10H10BrNO3/c1-3-5-12(4-2)9-7(11)6-8(15-9)10(13)14/h1,6H,4-5H2,2H3,(H,13,14). The van der Waals surface area contributed by atoms with Crippen LogP contribution in [-0.2, 0) is 0 Å². The number of rotatable bonds is 4. The summed E-state index contributed by atoms with van der Waals surface area (Å²) in [6.07, 6.45) is 5.19. The Balaban J connectivity index is 3.03. The molecule has 0 atom stereocenters. The minimum absolute atomic E-state index is 0.104. The maximum atomic E-state index is 10.7. The van der Waals surface area contributed by atoms with Gasteiger partial charge in [-0.25, -0.2) is 4.79 Å². The molecule has 0 bridgehead atoms. The van der Waals surface area contributed by atoms with Crippen molar-refractivity contribution in [1.82, 2.24) is 0 Å². The summed E-state index contributed by atoms with van der Waals surface area (Å²) >= 11 is 3.23. The van der Waals surface area contributed by atoms with Crippen molar-refractivity contribution in [3.8, 4) is 12.3 Å². The van der Waals surface area contributed by atoms with Gasteiger partial charge >= 0.3 is 5.97 Å². The smallest absolute Gasteiger partial charge is 0.371 e. The number of terminal acetylenes is 1. The average Bonchev–Trinajstić information content (AvgIpc) is 2.57. The van der Waals surface area contributed by atoms with Gasteiger partial charge in [-0.15, -0.1) is 6.42 Å². The molecule has 1 aromatic rings. The van der Waals surface area contributed by atoms with E-state index in [4.69, 9.17) is 15.9 Å². The molecule has 80 valence electrons. The fourth-order valence-electron chi connectivity index (χ4n) is 1.12. The molecule has 0 fully saturated rings. The first-order chi connectivity index (χ1) is 7.10. The summed E-state index contributed by atoms with van der Waals surface area (Å²) in [6, 6.07) is 1.41. The Bertz CT molecular complexity index is 405. The largest absolute Gasteiger partial charge is 0.475 e. The van der Waals surface area contributed by atoms with Crippen molar-refractivity contribution < 1.29 is 14.3 Å². The summed E-state index contributed by atoms with van der Waals surface area (Å²) in [5.41, 5.74) is 0. The first-order valence-corrected chi connectivity index (χ1v) is 5.10. The van der Waals surface area contributed by atoms with Gasteiger partial charge in [-0.05, 0) is 22.9 Å². The van der Waals surface area contributed by atoms with Gasteiger partial charge in [0.05, 0.1) is 11.0 Å². The molecule has 0 aromatic carbocycles. The second-order valence-electron chi connectivity index (χ2n) is 2.79. The molecule has 0 aliphatic carbocycles. The normalized spacial score (nSPS) is 9.67. The van der Waals surface area contributed by atoms with Crippen LogP contribution in [0.4, 0.5) is 5.88 Å². The van der Waals surface area contributed by atoms with Crippen molar-refractivity contribution in [2.75, 3.05) is 18.0 Å². The lowest BCUT2D eigenvalue weighted by atomic mass is 10.4. The lowest BCUT2D eigenvalue weighted by Gasteiger charge is -2.16. The third-order valence-corrected chi connectivity index (χ3v) is 2.40. The Hall–Kier alpha value is -1.41. The third-order valence-electron chi connectivity index (χ3n) is 1.83. The molecular weight excluding hydrogens is 262 g/mol. The maximum Gasteiger partial charge on any atom is 0.371 e. The molecule has 15 heavy (non-hydrogen) atoms. The highest BCUT2D eigenvalue weighted by Gasteiger charge is 2.17. The molecule has 5 heteroatoms. The Kier molecular flexibility index (Phi) is 3.81. The lowest BCUT2D eigenvalue weighted by Crippen LogP contribution is -2.22. The number of aromatic carboxylic acids is 1. The number of hydrogen-bond acceptors (Lipinski definition) is 3. The van der Waals surface area contributed by atoms with E-state index < -0.39 is 5.97 Å². The molecule has 4 nitrogen and oxygen atoms in total. The van der Waals surface area contributed by atoms with Crippen LogP contribution in [0.25, 0.3) is 0 Å². The van der Waals surface area contributed by atoms with Crippen LogP contribution in [0.2, 0.25) is 0 Å². The van der Waals surface area contributed by atoms with Crippen molar-refractivity contribution in [3.05, 3.63) is 16.3 Å². The molecule has 0 saturated carbocycles. The molecule has 0 spiro atoms. The molecule has 1 heterocycles. The van der Waals surface area contributed by atoms with Crippen molar-refractivity contribution in [2.45, 2.75) is 6.92 Å². The molecule has 0 radical (unpaired) electrons. The topological polar surface area (TPSA) is 53.7 Å². The maximum absolute atomic E-state index is 10.7. The van der Waals surface area contributed by atoms with Crippen LogP contribution < -0.4 is 4.90 Å². The number of halogens is 1. The van der Waals surface area contributed by atoms with Gasteiger partial charge < -0.3 is 14.4 Å². The van der Waals surface area contributed by atoms with Gasteiger partial charge in [-0.3, -0.25) is 0 Å². The summed E-state index contributed by atoms with van der Waals surface area (Å²) in [6.45, 7) is 2.93. The van der Waals surface area contributed by atoms with Crippen LogP contribution in [-0.4, -0.2) is 24.2 Å². The van der Waals surface area contributed by atoms with Crippen LogP contribution in [0.5, 0.6) is 0 Å². The monoisotopic (exact) mass is 271 g/mol. The molecular formula is C10H10BrNO3. The zero-order valence-corrected chi connectivity index (χ0v) is 9.74. The Labute approximate surface area is 96.0 Å². The van der Waals surface area contributed by atoms with Gasteiger partial charge in [0.15, 0.2) is 0 Å². The van der Waals surface area contributed by atoms with Crippen LogP contribution in [0.15, 0.2) is 15.0 Å². The summed E-state index contributed by atoms with van der Waals surface area (Å²) in [5.74, 6) is 1.73. The molecule has 1 aromatic heterocycles. The number of nitrogens with zero attached hydrogens (tertiary/aromatic N) is 1. The Morgan fingerprint density at radius 2 is 2.47 bits per heavy atom. The van der Waals surface area contributed by atoms with E-state index >= 15 is 0 Å². The van der Waals surface area contributed by atoms with Crippen molar-refractivity contribution in [1.29, 1.82) is 0 Å². The van der Waals surface area contributed by atoms with Crippen LogP contribution in [0.3, 0.4) is 0 Å². The number of carboxylic acids is 1. The van der Waals surface area contributed by atoms with Gasteiger partial charge in [0.25, 0.3) is 0 Å². The fourth-order valence-corrected chi connectivity index (χ4v) is 1.66. The van der Waals surface area contributed by atoms with Gasteiger partial charge in [0.1, 0.15) is 0 Å². The highest BCUT2D eigenvalue weighted by Crippen LogP contribution is 2.29. The molecule has 0 saturated heterocycles. The quantitative estimate of drug-likeness (QED) is 0.854. The van der Waals surface area contributed by atoms with E-state index in [-0.39, 0.29) is 5.76 Å². The summed E-state index contributed by atoms with van der Waals surface area (Å²) in [7, 11) is 0. The predicted molar refractivity (Wildman–Crippen MR) is 60.1 cm³/mol. The number of furan rings is 1. The molecule has 0 aliphatic heterocycles. The van der Waals surface area contributed by atoms with E-state index in [1.54, 1.807) is 4.90 Å². The van der Waals surface area contributed by atoms with Crippen LogP contribution >= 0.6 is 15.9 Å².